The van der Waals surface area contributed by atoms with Crippen molar-refractivity contribution in [2.75, 3.05) is 7.11 Å². The lowest BCUT2D eigenvalue weighted by Gasteiger charge is -1.99. The largest absolute Gasteiger partial charge is 0.464 e. The van der Waals surface area contributed by atoms with Crippen LogP contribution in [0, 0.1) is 0 Å². The number of aryl methyl sites for hydroxylation is 1. The fourth-order valence-electron chi connectivity index (χ4n) is 1.61. The first-order valence-electron chi connectivity index (χ1n) is 5.11. The molecule has 94 valence electrons. The van der Waals surface area contributed by atoms with Crippen molar-refractivity contribution in [2.24, 2.45) is 7.05 Å². The first-order chi connectivity index (χ1) is 8.54. The zero-order valence-corrected chi connectivity index (χ0v) is 12.1. The van der Waals surface area contributed by atoms with Crippen molar-refractivity contribution >= 4 is 33.5 Å². The highest BCUT2D eigenvalue weighted by Gasteiger charge is 2.21. The van der Waals surface area contributed by atoms with E-state index in [1.807, 2.05) is 12.1 Å². The van der Waals surface area contributed by atoms with Crippen molar-refractivity contribution in [1.82, 2.24) is 9.78 Å². The Morgan fingerprint density at radius 3 is 2.56 bits per heavy atom. The number of hydrogen-bond donors (Lipinski definition) is 0. The Labute approximate surface area is 118 Å². The Hall–Kier alpha value is -1.33. The van der Waals surface area contributed by atoms with Gasteiger partial charge in [-0.25, -0.2) is 4.79 Å². The minimum absolute atomic E-state index is 0.377. The summed E-state index contributed by atoms with van der Waals surface area (Å²) in [6.45, 7) is 0. The lowest BCUT2D eigenvalue weighted by atomic mass is 10.1. The average Bonchev–Trinajstić information content (AvgIpc) is 2.65. The van der Waals surface area contributed by atoms with E-state index in [0.717, 1.165) is 5.56 Å². The van der Waals surface area contributed by atoms with Gasteiger partial charge in [0.15, 0.2) is 5.69 Å². The van der Waals surface area contributed by atoms with Gasteiger partial charge in [0.1, 0.15) is 5.69 Å². The molecule has 0 saturated heterocycles. The van der Waals surface area contributed by atoms with Crippen LogP contribution in [0.3, 0.4) is 0 Å². The number of aromatic nitrogens is 2. The minimum Gasteiger partial charge on any atom is -0.464 e. The summed E-state index contributed by atoms with van der Waals surface area (Å²) in [6.07, 6.45) is 0. The second-order valence-corrected chi connectivity index (χ2v) is 4.86. The van der Waals surface area contributed by atoms with E-state index < -0.39 is 5.97 Å². The Bertz CT molecular complexity index is 593. The number of methoxy groups -OCH3 is 1. The lowest BCUT2D eigenvalue weighted by Crippen LogP contribution is -2.08. The molecule has 0 aliphatic rings. The molecule has 18 heavy (non-hydrogen) atoms. The van der Waals surface area contributed by atoms with Crippen molar-refractivity contribution in [2.45, 2.75) is 0 Å². The van der Waals surface area contributed by atoms with Crippen LogP contribution in [0.1, 0.15) is 10.5 Å². The fraction of sp³-hybridized carbons (Fsp3) is 0.167. The fourth-order valence-corrected chi connectivity index (χ4v) is 2.46. The number of ether oxygens (including phenoxy) is 1. The minimum atomic E-state index is -0.433. The van der Waals surface area contributed by atoms with Gasteiger partial charge in [-0.2, -0.15) is 5.10 Å². The molecule has 1 aromatic carbocycles. The van der Waals surface area contributed by atoms with Gasteiger partial charge in [0.2, 0.25) is 0 Å². The summed E-state index contributed by atoms with van der Waals surface area (Å²) < 4.78 is 6.81. The van der Waals surface area contributed by atoms with Crippen molar-refractivity contribution in [1.29, 1.82) is 0 Å². The molecule has 0 aliphatic carbocycles. The van der Waals surface area contributed by atoms with Gasteiger partial charge in [0.25, 0.3) is 0 Å². The summed E-state index contributed by atoms with van der Waals surface area (Å²) in [5.41, 5.74) is 1.93. The summed E-state index contributed by atoms with van der Waals surface area (Å²) in [6, 6.07) is 7.23. The van der Waals surface area contributed by atoms with Crippen LogP contribution in [0.4, 0.5) is 0 Å². The van der Waals surface area contributed by atoms with Crippen LogP contribution in [0.25, 0.3) is 11.3 Å². The van der Waals surface area contributed by atoms with Crippen LogP contribution >= 0.6 is 27.5 Å². The number of carbonyl (C=O) groups excluding carboxylic acids is 1. The number of rotatable bonds is 2. The lowest BCUT2D eigenvalue weighted by molar-refractivity contribution is 0.0587. The SMILES string of the molecule is COC(=O)c1c(Br)c(-c2ccc(Cl)cc2)nn1C. The number of nitrogens with zero attached hydrogens (tertiary/aromatic N) is 2. The second kappa shape index (κ2) is 5.12. The van der Waals surface area contributed by atoms with E-state index in [9.17, 15) is 4.79 Å². The quantitative estimate of drug-likeness (QED) is 0.794. The highest BCUT2D eigenvalue weighted by atomic mass is 79.9. The summed E-state index contributed by atoms with van der Waals surface area (Å²) in [5.74, 6) is -0.433. The van der Waals surface area contributed by atoms with Gasteiger partial charge in [0.05, 0.1) is 11.6 Å². The average molecular weight is 330 g/mol. The van der Waals surface area contributed by atoms with Crippen LogP contribution in [0.15, 0.2) is 28.7 Å². The molecule has 0 unspecified atom stereocenters. The Balaban J connectivity index is 2.53. The summed E-state index contributed by atoms with van der Waals surface area (Å²) >= 11 is 9.22. The number of benzene rings is 1. The van der Waals surface area contributed by atoms with Crippen LogP contribution in [0.5, 0.6) is 0 Å². The summed E-state index contributed by atoms with van der Waals surface area (Å²) in [5, 5.41) is 4.96. The molecule has 2 rings (SSSR count). The number of esters is 1. The van der Waals surface area contributed by atoms with Crippen LogP contribution in [0.2, 0.25) is 5.02 Å². The molecular formula is C12H10BrClN2O2. The maximum Gasteiger partial charge on any atom is 0.357 e. The van der Waals surface area contributed by atoms with E-state index in [0.29, 0.717) is 20.9 Å². The van der Waals surface area contributed by atoms with Gasteiger partial charge in [-0.1, -0.05) is 23.7 Å². The molecule has 1 heterocycles. The van der Waals surface area contributed by atoms with E-state index >= 15 is 0 Å². The molecule has 0 bridgehead atoms. The van der Waals surface area contributed by atoms with Crippen LogP contribution in [-0.4, -0.2) is 22.9 Å². The van der Waals surface area contributed by atoms with Crippen LogP contribution in [-0.2, 0) is 11.8 Å². The van der Waals surface area contributed by atoms with Gasteiger partial charge in [0, 0.05) is 17.6 Å². The normalized spacial score (nSPS) is 10.4. The maximum absolute atomic E-state index is 11.6. The van der Waals surface area contributed by atoms with Crippen molar-refractivity contribution < 1.29 is 9.53 Å². The van der Waals surface area contributed by atoms with E-state index in [1.165, 1.54) is 11.8 Å². The van der Waals surface area contributed by atoms with E-state index in [-0.39, 0.29) is 0 Å². The van der Waals surface area contributed by atoms with Crippen molar-refractivity contribution in [3.05, 3.63) is 39.5 Å². The maximum atomic E-state index is 11.6. The molecule has 0 saturated carbocycles. The molecule has 1 aromatic heterocycles. The standard InChI is InChI=1S/C12H10BrClN2O2/c1-16-11(12(17)18-2)9(13)10(15-16)7-3-5-8(14)6-4-7/h3-6H,1-2H3. The highest BCUT2D eigenvalue weighted by molar-refractivity contribution is 9.10. The van der Waals surface area contributed by atoms with Crippen LogP contribution < -0.4 is 0 Å². The Morgan fingerprint density at radius 1 is 1.39 bits per heavy atom. The molecule has 2 aromatic rings. The topological polar surface area (TPSA) is 44.1 Å². The molecule has 0 atom stereocenters. The molecule has 6 heteroatoms. The monoisotopic (exact) mass is 328 g/mol. The third kappa shape index (κ3) is 2.28. The summed E-state index contributed by atoms with van der Waals surface area (Å²) in [7, 11) is 3.03. The molecule has 0 amide bonds. The predicted molar refractivity (Wildman–Crippen MR) is 72.7 cm³/mol. The number of halogens is 2. The molecule has 0 radical (unpaired) electrons. The zero-order chi connectivity index (χ0) is 13.3. The van der Waals surface area contributed by atoms with E-state index in [2.05, 4.69) is 21.0 Å². The summed E-state index contributed by atoms with van der Waals surface area (Å²) in [4.78, 5) is 11.6. The smallest absolute Gasteiger partial charge is 0.357 e. The molecule has 4 nitrogen and oxygen atoms in total. The highest BCUT2D eigenvalue weighted by Crippen LogP contribution is 2.31. The van der Waals surface area contributed by atoms with Gasteiger partial charge in [-0.3, -0.25) is 4.68 Å². The molecule has 0 spiro atoms. The third-order valence-corrected chi connectivity index (χ3v) is 3.49. The number of carbonyl (C=O) groups is 1. The molecular weight excluding hydrogens is 320 g/mol. The first kappa shape index (κ1) is 13.1. The Morgan fingerprint density at radius 2 is 2.00 bits per heavy atom. The van der Waals surface area contributed by atoms with Gasteiger partial charge >= 0.3 is 5.97 Å². The molecule has 0 aliphatic heterocycles. The van der Waals surface area contributed by atoms with Crippen molar-refractivity contribution in [3.8, 4) is 11.3 Å². The van der Waals surface area contributed by atoms with E-state index in [4.69, 9.17) is 16.3 Å². The van der Waals surface area contributed by atoms with Gasteiger partial charge in [-0.05, 0) is 28.1 Å². The predicted octanol–water partition coefficient (Wildman–Crippen LogP) is 3.29. The first-order valence-corrected chi connectivity index (χ1v) is 6.28. The molecule has 0 N–H and O–H groups in total. The van der Waals surface area contributed by atoms with Gasteiger partial charge in [-0.15, -0.1) is 0 Å². The Kier molecular flexibility index (Phi) is 3.73. The van der Waals surface area contributed by atoms with Crippen molar-refractivity contribution in [3.63, 3.8) is 0 Å². The number of hydrogen-bond acceptors (Lipinski definition) is 3. The van der Waals surface area contributed by atoms with E-state index in [1.54, 1.807) is 19.2 Å². The van der Waals surface area contributed by atoms with Gasteiger partial charge < -0.3 is 4.74 Å². The zero-order valence-electron chi connectivity index (χ0n) is 9.78. The third-order valence-electron chi connectivity index (χ3n) is 2.49. The second-order valence-electron chi connectivity index (χ2n) is 3.63. The molecule has 0 fully saturated rings.